The summed E-state index contributed by atoms with van der Waals surface area (Å²) in [4.78, 5) is 2.43. The van der Waals surface area contributed by atoms with Crippen molar-refractivity contribution < 1.29 is 11.0 Å². The first-order valence-corrected chi connectivity index (χ1v) is 6.42. The standard InChI is InChI=1S/C7H15N.C6H14.2H2O/c1-7-5-3-4-6-8(7)2;1-3-5-6-4-2;;/h7H,3-6H2,1-2H3;3-6H2,1-2H3;2*1H2. The Labute approximate surface area is 102 Å². The maximum Gasteiger partial charge on any atom is 0.00638 e. The van der Waals surface area contributed by atoms with Gasteiger partial charge in [-0.05, 0) is 33.4 Å². The lowest BCUT2D eigenvalue weighted by atomic mass is 10.1. The molecule has 0 saturated carbocycles. The summed E-state index contributed by atoms with van der Waals surface area (Å²) in [6.45, 7) is 8.08. The Hall–Kier alpha value is -0.120. The number of likely N-dealkylation sites (tertiary alicyclic amines) is 1. The van der Waals surface area contributed by atoms with Gasteiger partial charge in [0.05, 0.1) is 0 Å². The maximum absolute atomic E-state index is 2.43. The molecule has 1 saturated heterocycles. The van der Waals surface area contributed by atoms with Gasteiger partial charge in [0, 0.05) is 6.04 Å². The fraction of sp³-hybridized carbons (Fsp3) is 1.00. The summed E-state index contributed by atoms with van der Waals surface area (Å²) in [5.41, 5.74) is 0. The van der Waals surface area contributed by atoms with Crippen LogP contribution >= 0.6 is 0 Å². The molecule has 0 aliphatic carbocycles. The second kappa shape index (κ2) is 14.9. The quantitative estimate of drug-likeness (QED) is 0.693. The van der Waals surface area contributed by atoms with E-state index >= 15 is 0 Å². The van der Waals surface area contributed by atoms with Gasteiger partial charge in [-0.3, -0.25) is 0 Å². The van der Waals surface area contributed by atoms with E-state index in [-0.39, 0.29) is 11.0 Å². The third-order valence-electron chi connectivity index (χ3n) is 3.09. The first-order valence-electron chi connectivity index (χ1n) is 6.42. The summed E-state index contributed by atoms with van der Waals surface area (Å²) >= 11 is 0. The van der Waals surface area contributed by atoms with Gasteiger partial charge >= 0.3 is 0 Å². The van der Waals surface area contributed by atoms with Crippen LogP contribution in [0.3, 0.4) is 0 Å². The van der Waals surface area contributed by atoms with Gasteiger partial charge in [-0.1, -0.05) is 46.0 Å². The van der Waals surface area contributed by atoms with Crippen LogP contribution in [-0.4, -0.2) is 35.5 Å². The van der Waals surface area contributed by atoms with Gasteiger partial charge in [-0.25, -0.2) is 0 Å². The van der Waals surface area contributed by atoms with Crippen molar-refractivity contribution in [2.75, 3.05) is 13.6 Å². The van der Waals surface area contributed by atoms with Crippen LogP contribution in [0.25, 0.3) is 0 Å². The van der Waals surface area contributed by atoms with E-state index in [0.29, 0.717) is 0 Å². The van der Waals surface area contributed by atoms with Gasteiger partial charge in [-0.2, -0.15) is 0 Å². The second-order valence-corrected chi connectivity index (χ2v) is 4.53. The first kappa shape index (κ1) is 21.2. The lowest BCUT2D eigenvalue weighted by Gasteiger charge is -2.29. The predicted molar refractivity (Wildman–Crippen MR) is 73.0 cm³/mol. The van der Waals surface area contributed by atoms with Gasteiger partial charge < -0.3 is 15.9 Å². The molecule has 16 heavy (non-hydrogen) atoms. The van der Waals surface area contributed by atoms with Crippen molar-refractivity contribution in [2.45, 2.75) is 71.8 Å². The molecule has 102 valence electrons. The van der Waals surface area contributed by atoms with E-state index in [1.807, 2.05) is 0 Å². The smallest absolute Gasteiger partial charge is 0.00638 e. The van der Waals surface area contributed by atoms with Crippen LogP contribution in [0.5, 0.6) is 0 Å². The normalized spacial score (nSPS) is 19.9. The van der Waals surface area contributed by atoms with Gasteiger partial charge in [0.15, 0.2) is 0 Å². The molecule has 3 heteroatoms. The molecule has 0 amide bonds. The van der Waals surface area contributed by atoms with Crippen LogP contribution in [0.2, 0.25) is 0 Å². The zero-order valence-electron chi connectivity index (χ0n) is 11.7. The number of unbranched alkanes of at least 4 members (excludes halogenated alkanes) is 3. The molecule has 0 radical (unpaired) electrons. The van der Waals surface area contributed by atoms with Gasteiger partial charge in [0.25, 0.3) is 0 Å². The monoisotopic (exact) mass is 235 g/mol. The number of hydrogen-bond donors (Lipinski definition) is 0. The average Bonchev–Trinajstić information content (AvgIpc) is 2.20. The second-order valence-electron chi connectivity index (χ2n) is 4.53. The minimum atomic E-state index is 0. The maximum atomic E-state index is 2.43. The van der Waals surface area contributed by atoms with Crippen LogP contribution < -0.4 is 0 Å². The van der Waals surface area contributed by atoms with Crippen molar-refractivity contribution in [3.63, 3.8) is 0 Å². The summed E-state index contributed by atoms with van der Waals surface area (Å²) in [6, 6.07) is 0.837. The molecule has 0 spiro atoms. The Morgan fingerprint density at radius 1 is 1.00 bits per heavy atom. The molecule has 1 rings (SSSR count). The molecular formula is C13H33NO2. The van der Waals surface area contributed by atoms with Crippen LogP contribution in [0.4, 0.5) is 0 Å². The average molecular weight is 235 g/mol. The van der Waals surface area contributed by atoms with Gasteiger partial charge in [-0.15, -0.1) is 0 Å². The third kappa shape index (κ3) is 12.0. The molecule has 1 heterocycles. The summed E-state index contributed by atoms with van der Waals surface area (Å²) in [7, 11) is 2.21. The molecule has 4 N–H and O–H groups in total. The van der Waals surface area contributed by atoms with Gasteiger partial charge in [0.1, 0.15) is 0 Å². The summed E-state index contributed by atoms with van der Waals surface area (Å²) in [6.07, 6.45) is 9.78. The van der Waals surface area contributed by atoms with Crippen LogP contribution in [-0.2, 0) is 0 Å². The lowest BCUT2D eigenvalue weighted by molar-refractivity contribution is 0.200. The Balaban J connectivity index is -0.000000195. The Morgan fingerprint density at radius 2 is 1.50 bits per heavy atom. The SMILES string of the molecule is CC1CCCCN1C.CCCCCC.O.O. The molecule has 1 atom stereocenters. The molecule has 1 unspecified atom stereocenters. The Bertz CT molecular complexity index is 107. The summed E-state index contributed by atoms with van der Waals surface area (Å²) in [5.74, 6) is 0. The zero-order valence-corrected chi connectivity index (χ0v) is 11.7. The molecule has 0 aromatic carbocycles. The van der Waals surface area contributed by atoms with Crippen molar-refractivity contribution >= 4 is 0 Å². The van der Waals surface area contributed by atoms with Crippen LogP contribution in [0, 0.1) is 0 Å². The van der Waals surface area contributed by atoms with Crippen molar-refractivity contribution in [3.8, 4) is 0 Å². The molecule has 1 fully saturated rings. The molecule has 1 aliphatic heterocycles. The highest BCUT2D eigenvalue weighted by molar-refractivity contribution is 4.68. The molecule has 0 aromatic heterocycles. The summed E-state index contributed by atoms with van der Waals surface area (Å²) in [5, 5.41) is 0. The van der Waals surface area contributed by atoms with E-state index in [1.54, 1.807) is 0 Å². The Morgan fingerprint density at radius 3 is 1.75 bits per heavy atom. The molecule has 0 aromatic rings. The van der Waals surface area contributed by atoms with Crippen molar-refractivity contribution in [3.05, 3.63) is 0 Å². The van der Waals surface area contributed by atoms with Crippen LogP contribution in [0.1, 0.15) is 65.7 Å². The summed E-state index contributed by atoms with van der Waals surface area (Å²) < 4.78 is 0. The highest BCUT2D eigenvalue weighted by atomic mass is 16.0. The lowest BCUT2D eigenvalue weighted by Crippen LogP contribution is -2.33. The van der Waals surface area contributed by atoms with Crippen molar-refractivity contribution in [1.82, 2.24) is 4.90 Å². The van der Waals surface area contributed by atoms with Crippen molar-refractivity contribution in [2.24, 2.45) is 0 Å². The Kier molecular flexibility index (Phi) is 19.7. The largest absolute Gasteiger partial charge is 0.412 e. The zero-order chi connectivity index (χ0) is 10.8. The minimum absolute atomic E-state index is 0. The fourth-order valence-corrected chi connectivity index (χ4v) is 1.74. The van der Waals surface area contributed by atoms with E-state index in [2.05, 4.69) is 32.7 Å². The van der Waals surface area contributed by atoms with E-state index < -0.39 is 0 Å². The number of hydrogen-bond acceptors (Lipinski definition) is 1. The molecular weight excluding hydrogens is 202 g/mol. The predicted octanol–water partition coefficient (Wildman–Crippen LogP) is 2.43. The molecule has 0 bridgehead atoms. The van der Waals surface area contributed by atoms with Crippen LogP contribution in [0.15, 0.2) is 0 Å². The third-order valence-corrected chi connectivity index (χ3v) is 3.09. The van der Waals surface area contributed by atoms with E-state index in [9.17, 15) is 0 Å². The number of rotatable bonds is 3. The van der Waals surface area contributed by atoms with E-state index in [0.717, 1.165) is 6.04 Å². The van der Waals surface area contributed by atoms with E-state index in [1.165, 1.54) is 51.5 Å². The fourth-order valence-electron chi connectivity index (χ4n) is 1.74. The first-order chi connectivity index (χ1) is 6.72. The van der Waals surface area contributed by atoms with Gasteiger partial charge in [0.2, 0.25) is 0 Å². The minimum Gasteiger partial charge on any atom is -0.412 e. The number of piperidine rings is 1. The topological polar surface area (TPSA) is 66.2 Å². The molecule has 1 aliphatic rings. The highest BCUT2D eigenvalue weighted by Gasteiger charge is 2.12. The number of nitrogens with zero attached hydrogens (tertiary/aromatic N) is 1. The van der Waals surface area contributed by atoms with E-state index in [4.69, 9.17) is 0 Å². The highest BCUT2D eigenvalue weighted by Crippen LogP contribution is 2.13. The molecule has 3 nitrogen and oxygen atoms in total. The van der Waals surface area contributed by atoms with Crippen molar-refractivity contribution in [1.29, 1.82) is 0 Å².